The van der Waals surface area contributed by atoms with Crippen molar-refractivity contribution in [3.8, 4) is 0 Å². The summed E-state index contributed by atoms with van der Waals surface area (Å²) < 4.78 is 6.88. The molecular weight excluding hydrogens is 389 g/mol. The minimum absolute atomic E-state index is 0. The van der Waals surface area contributed by atoms with Gasteiger partial charge in [0.25, 0.3) is 0 Å². The van der Waals surface area contributed by atoms with Crippen LogP contribution in [0.1, 0.15) is 5.56 Å². The second-order valence-corrected chi connectivity index (χ2v) is 5.60. The van der Waals surface area contributed by atoms with Crippen LogP contribution >= 0.6 is 35.7 Å². The van der Waals surface area contributed by atoms with Crippen molar-refractivity contribution in [3.05, 3.63) is 18.0 Å². The third-order valence-electron chi connectivity index (χ3n) is 2.97. The topological polar surface area (TPSA) is 68.7 Å². The highest BCUT2D eigenvalue weighted by molar-refractivity contribution is 14.0. The Hall–Kier alpha value is -0.480. The van der Waals surface area contributed by atoms with Crippen molar-refractivity contribution in [2.45, 2.75) is 13.1 Å². The van der Waals surface area contributed by atoms with Gasteiger partial charge in [-0.1, -0.05) is 0 Å². The molecule has 0 aromatic carbocycles. The fourth-order valence-electron chi connectivity index (χ4n) is 1.86. The standard InChI is InChI=1S/C12H21N5OS.HI/c1-18-5-2-17-10-11(9-15-17)8-14-12(13)16-3-6-19-7-4-16;/h9-10H,2-8H2,1H3,(H2,13,14);1H. The van der Waals surface area contributed by atoms with Crippen LogP contribution in [-0.2, 0) is 17.8 Å². The zero-order chi connectivity index (χ0) is 13.5. The molecular formula is C12H22IN5OS. The van der Waals surface area contributed by atoms with Gasteiger partial charge in [-0.05, 0) is 0 Å². The molecule has 1 aromatic rings. The summed E-state index contributed by atoms with van der Waals surface area (Å²) in [4.78, 5) is 6.58. The molecule has 1 fully saturated rings. The number of methoxy groups -OCH3 is 1. The molecule has 114 valence electrons. The van der Waals surface area contributed by atoms with Crippen molar-refractivity contribution in [1.29, 1.82) is 0 Å². The van der Waals surface area contributed by atoms with Gasteiger partial charge < -0.3 is 15.4 Å². The van der Waals surface area contributed by atoms with Crippen molar-refractivity contribution in [2.24, 2.45) is 10.7 Å². The van der Waals surface area contributed by atoms with E-state index in [1.54, 1.807) is 7.11 Å². The number of guanidine groups is 1. The van der Waals surface area contributed by atoms with Gasteiger partial charge in [-0.15, -0.1) is 24.0 Å². The molecule has 0 aliphatic carbocycles. The first-order valence-corrected chi connectivity index (χ1v) is 7.58. The second-order valence-electron chi connectivity index (χ2n) is 4.38. The monoisotopic (exact) mass is 411 g/mol. The molecule has 0 saturated carbocycles. The molecule has 0 atom stereocenters. The van der Waals surface area contributed by atoms with Crippen molar-refractivity contribution < 1.29 is 4.74 Å². The molecule has 1 saturated heterocycles. The number of rotatable bonds is 5. The molecule has 2 rings (SSSR count). The van der Waals surface area contributed by atoms with Crippen LogP contribution in [0.3, 0.4) is 0 Å². The first kappa shape index (κ1) is 17.6. The predicted molar refractivity (Wildman–Crippen MR) is 93.7 cm³/mol. The van der Waals surface area contributed by atoms with E-state index >= 15 is 0 Å². The van der Waals surface area contributed by atoms with Crippen LogP contribution < -0.4 is 5.73 Å². The number of hydrogen-bond donors (Lipinski definition) is 1. The average Bonchev–Trinajstić information content (AvgIpc) is 2.91. The van der Waals surface area contributed by atoms with E-state index < -0.39 is 0 Å². The largest absolute Gasteiger partial charge is 0.383 e. The number of thioether (sulfide) groups is 1. The van der Waals surface area contributed by atoms with Gasteiger partial charge in [0.2, 0.25) is 0 Å². The molecule has 20 heavy (non-hydrogen) atoms. The van der Waals surface area contributed by atoms with Crippen molar-refractivity contribution >= 4 is 41.7 Å². The highest BCUT2D eigenvalue weighted by Crippen LogP contribution is 2.09. The zero-order valence-electron chi connectivity index (χ0n) is 11.7. The van der Waals surface area contributed by atoms with Crippen molar-refractivity contribution in [1.82, 2.24) is 14.7 Å². The van der Waals surface area contributed by atoms with Gasteiger partial charge in [0.1, 0.15) is 0 Å². The fourth-order valence-corrected chi connectivity index (χ4v) is 2.76. The molecule has 0 bridgehead atoms. The maximum absolute atomic E-state index is 6.00. The Morgan fingerprint density at radius 1 is 1.50 bits per heavy atom. The van der Waals surface area contributed by atoms with Crippen LogP contribution in [0.15, 0.2) is 17.4 Å². The van der Waals surface area contributed by atoms with E-state index in [0.717, 1.165) is 36.7 Å². The molecule has 2 heterocycles. The minimum atomic E-state index is 0. The molecule has 1 aromatic heterocycles. The predicted octanol–water partition coefficient (Wildman–Crippen LogP) is 1.01. The lowest BCUT2D eigenvalue weighted by atomic mass is 10.4. The molecule has 2 N–H and O–H groups in total. The summed E-state index contributed by atoms with van der Waals surface area (Å²) in [5.41, 5.74) is 7.08. The van der Waals surface area contributed by atoms with E-state index in [-0.39, 0.29) is 24.0 Å². The zero-order valence-corrected chi connectivity index (χ0v) is 14.8. The summed E-state index contributed by atoms with van der Waals surface area (Å²) >= 11 is 1.96. The summed E-state index contributed by atoms with van der Waals surface area (Å²) in [6.45, 7) is 4.00. The maximum Gasteiger partial charge on any atom is 0.191 e. The molecule has 1 aliphatic rings. The smallest absolute Gasteiger partial charge is 0.191 e. The Kier molecular flexibility index (Phi) is 8.31. The Morgan fingerprint density at radius 2 is 2.25 bits per heavy atom. The number of nitrogens with zero attached hydrogens (tertiary/aromatic N) is 4. The van der Waals surface area contributed by atoms with Crippen LogP contribution in [0.25, 0.3) is 0 Å². The summed E-state index contributed by atoms with van der Waals surface area (Å²) in [7, 11) is 1.69. The lowest BCUT2D eigenvalue weighted by Gasteiger charge is -2.27. The first-order chi connectivity index (χ1) is 9.29. The lowest BCUT2D eigenvalue weighted by molar-refractivity contribution is 0.183. The molecule has 0 amide bonds. The summed E-state index contributed by atoms with van der Waals surface area (Å²) in [6.07, 6.45) is 3.82. The fraction of sp³-hybridized carbons (Fsp3) is 0.667. The Labute approximate surface area is 141 Å². The third kappa shape index (κ3) is 5.49. The van der Waals surface area contributed by atoms with Crippen LogP contribution in [0, 0.1) is 0 Å². The van der Waals surface area contributed by atoms with Crippen LogP contribution in [0.5, 0.6) is 0 Å². The second kappa shape index (κ2) is 9.46. The summed E-state index contributed by atoms with van der Waals surface area (Å²) in [6, 6.07) is 0. The molecule has 1 aliphatic heterocycles. The average molecular weight is 411 g/mol. The number of ether oxygens (including phenoxy) is 1. The Morgan fingerprint density at radius 3 is 2.95 bits per heavy atom. The normalized spacial score (nSPS) is 16.1. The van der Waals surface area contributed by atoms with Gasteiger partial charge in [-0.3, -0.25) is 4.68 Å². The van der Waals surface area contributed by atoms with Crippen LogP contribution in [0.2, 0.25) is 0 Å². The lowest BCUT2D eigenvalue weighted by Crippen LogP contribution is -2.42. The minimum Gasteiger partial charge on any atom is -0.383 e. The Bertz CT molecular complexity index is 420. The van der Waals surface area contributed by atoms with E-state index in [4.69, 9.17) is 10.5 Å². The quantitative estimate of drug-likeness (QED) is 0.445. The first-order valence-electron chi connectivity index (χ1n) is 6.42. The SMILES string of the molecule is COCCn1cc(CN=C(N)N2CCSCC2)cn1.I. The molecule has 0 radical (unpaired) electrons. The van der Waals surface area contributed by atoms with Gasteiger partial charge in [0, 0.05) is 43.5 Å². The van der Waals surface area contributed by atoms with Crippen LogP contribution in [-0.4, -0.2) is 59.0 Å². The number of aromatic nitrogens is 2. The molecule has 6 nitrogen and oxygen atoms in total. The van der Waals surface area contributed by atoms with E-state index in [9.17, 15) is 0 Å². The molecule has 0 unspecified atom stereocenters. The van der Waals surface area contributed by atoms with Gasteiger partial charge in [0.15, 0.2) is 5.96 Å². The highest BCUT2D eigenvalue weighted by atomic mass is 127. The summed E-state index contributed by atoms with van der Waals surface area (Å²) in [5, 5.41) is 4.25. The summed E-state index contributed by atoms with van der Waals surface area (Å²) in [5.74, 6) is 2.90. The highest BCUT2D eigenvalue weighted by Gasteiger charge is 2.11. The molecule has 8 heteroatoms. The molecule has 0 spiro atoms. The van der Waals surface area contributed by atoms with Crippen LogP contribution in [0.4, 0.5) is 0 Å². The van der Waals surface area contributed by atoms with Gasteiger partial charge in [0.05, 0.1) is 25.9 Å². The van der Waals surface area contributed by atoms with E-state index in [2.05, 4.69) is 15.0 Å². The number of hydrogen-bond acceptors (Lipinski definition) is 4. The van der Waals surface area contributed by atoms with E-state index in [1.807, 2.05) is 28.8 Å². The van der Waals surface area contributed by atoms with Gasteiger partial charge in [-0.2, -0.15) is 16.9 Å². The van der Waals surface area contributed by atoms with E-state index in [0.29, 0.717) is 19.1 Å². The number of halogens is 1. The third-order valence-corrected chi connectivity index (χ3v) is 3.91. The van der Waals surface area contributed by atoms with Crippen molar-refractivity contribution in [3.63, 3.8) is 0 Å². The van der Waals surface area contributed by atoms with Gasteiger partial charge in [-0.25, -0.2) is 4.99 Å². The van der Waals surface area contributed by atoms with Crippen molar-refractivity contribution in [2.75, 3.05) is 38.3 Å². The number of aliphatic imine (C=N–C) groups is 1. The van der Waals surface area contributed by atoms with E-state index in [1.165, 1.54) is 0 Å². The Balaban J connectivity index is 0.00000200. The number of nitrogens with two attached hydrogens (primary N) is 1. The van der Waals surface area contributed by atoms with Gasteiger partial charge >= 0.3 is 0 Å². The maximum atomic E-state index is 6.00.